The fourth-order valence-corrected chi connectivity index (χ4v) is 2.10. The molecule has 0 radical (unpaired) electrons. The Kier molecular flexibility index (Phi) is 4.85. The Morgan fingerprint density at radius 3 is 2.40 bits per heavy atom. The summed E-state index contributed by atoms with van der Waals surface area (Å²) in [5.41, 5.74) is 2.60. The number of rotatable bonds is 6. The van der Waals surface area contributed by atoms with Crippen molar-refractivity contribution in [1.29, 1.82) is 0 Å². The molecule has 2 aromatic rings. The van der Waals surface area contributed by atoms with Gasteiger partial charge in [0, 0.05) is 25.0 Å². The molecule has 0 aliphatic heterocycles. The number of hydrogen-bond donors (Lipinski definition) is 2. The van der Waals surface area contributed by atoms with Crippen molar-refractivity contribution >= 4 is 5.97 Å². The van der Waals surface area contributed by atoms with Crippen LogP contribution in [0.3, 0.4) is 0 Å². The molecule has 0 saturated heterocycles. The van der Waals surface area contributed by atoms with Crippen molar-refractivity contribution in [3.63, 3.8) is 0 Å². The summed E-state index contributed by atoms with van der Waals surface area (Å²) in [5, 5.41) is 12.3. The third-order valence-electron chi connectivity index (χ3n) is 3.27. The monoisotopic (exact) mass is 270 g/mol. The predicted molar refractivity (Wildman–Crippen MR) is 77.5 cm³/mol. The molecule has 0 bridgehead atoms. The zero-order chi connectivity index (χ0) is 14.4. The number of carbonyl (C=O) groups is 1. The lowest BCUT2D eigenvalue weighted by molar-refractivity contribution is 0.0697. The highest BCUT2D eigenvalue weighted by Gasteiger charge is 2.08. The number of nitrogens with zero attached hydrogens (tertiary/aromatic N) is 1. The fraction of sp³-hybridized carbons (Fsp3) is 0.250. The third kappa shape index (κ3) is 3.65. The van der Waals surface area contributed by atoms with E-state index in [9.17, 15) is 4.79 Å². The van der Waals surface area contributed by atoms with Gasteiger partial charge in [0.1, 0.15) is 0 Å². The largest absolute Gasteiger partial charge is 0.478 e. The topological polar surface area (TPSA) is 62.2 Å². The minimum Gasteiger partial charge on any atom is -0.478 e. The highest BCUT2D eigenvalue weighted by atomic mass is 16.4. The molecule has 1 heterocycles. The second-order valence-corrected chi connectivity index (χ2v) is 4.62. The van der Waals surface area contributed by atoms with Crippen LogP contribution in [0.1, 0.15) is 40.9 Å². The highest BCUT2D eigenvalue weighted by Crippen LogP contribution is 2.16. The van der Waals surface area contributed by atoms with E-state index in [1.165, 1.54) is 5.56 Å². The first-order valence-electron chi connectivity index (χ1n) is 6.66. The molecule has 1 atom stereocenters. The smallest absolute Gasteiger partial charge is 0.335 e. The van der Waals surface area contributed by atoms with E-state index < -0.39 is 5.97 Å². The van der Waals surface area contributed by atoms with Gasteiger partial charge in [0.05, 0.1) is 5.56 Å². The van der Waals surface area contributed by atoms with Crippen molar-refractivity contribution in [3.8, 4) is 0 Å². The van der Waals surface area contributed by atoms with Crippen LogP contribution in [0.2, 0.25) is 0 Å². The van der Waals surface area contributed by atoms with E-state index >= 15 is 0 Å². The van der Waals surface area contributed by atoms with Crippen molar-refractivity contribution in [2.45, 2.75) is 25.9 Å². The predicted octanol–water partition coefficient (Wildman–Crippen LogP) is 3.02. The Labute approximate surface area is 118 Å². The van der Waals surface area contributed by atoms with Gasteiger partial charge in [0.15, 0.2) is 0 Å². The third-order valence-corrected chi connectivity index (χ3v) is 3.27. The number of carboxylic acid groups (broad SMARTS) is 1. The van der Waals surface area contributed by atoms with Crippen molar-refractivity contribution in [1.82, 2.24) is 10.3 Å². The van der Waals surface area contributed by atoms with Crippen LogP contribution < -0.4 is 5.32 Å². The molecule has 0 aliphatic carbocycles. The molecular weight excluding hydrogens is 252 g/mol. The Balaban J connectivity index is 1.98. The molecule has 104 valence electrons. The number of pyridine rings is 1. The van der Waals surface area contributed by atoms with Crippen LogP contribution in [0.25, 0.3) is 0 Å². The minimum atomic E-state index is -0.896. The first-order chi connectivity index (χ1) is 9.70. The van der Waals surface area contributed by atoms with Gasteiger partial charge in [0.25, 0.3) is 0 Å². The van der Waals surface area contributed by atoms with Gasteiger partial charge < -0.3 is 10.4 Å². The summed E-state index contributed by atoms with van der Waals surface area (Å²) in [4.78, 5) is 14.8. The number of carboxylic acids is 1. The highest BCUT2D eigenvalue weighted by molar-refractivity contribution is 5.87. The number of aromatic nitrogens is 1. The zero-order valence-electron chi connectivity index (χ0n) is 11.4. The van der Waals surface area contributed by atoms with Crippen LogP contribution in [-0.4, -0.2) is 16.1 Å². The summed E-state index contributed by atoms with van der Waals surface area (Å²) >= 11 is 0. The number of benzene rings is 1. The van der Waals surface area contributed by atoms with Gasteiger partial charge in [-0.25, -0.2) is 4.79 Å². The average Bonchev–Trinajstić information content (AvgIpc) is 2.49. The summed E-state index contributed by atoms with van der Waals surface area (Å²) in [7, 11) is 0. The molecular formula is C16H18N2O2. The molecule has 0 saturated carbocycles. The van der Waals surface area contributed by atoms with Crippen LogP contribution in [0.4, 0.5) is 0 Å². The van der Waals surface area contributed by atoms with E-state index in [-0.39, 0.29) is 6.04 Å². The summed E-state index contributed by atoms with van der Waals surface area (Å²) in [6.45, 7) is 2.84. The summed E-state index contributed by atoms with van der Waals surface area (Å²) in [5.74, 6) is -0.896. The van der Waals surface area contributed by atoms with Crippen LogP contribution in [0.15, 0.2) is 48.8 Å². The summed E-state index contributed by atoms with van der Waals surface area (Å²) < 4.78 is 0. The molecule has 0 aliphatic rings. The van der Waals surface area contributed by atoms with Crippen molar-refractivity contribution in [3.05, 3.63) is 65.5 Å². The van der Waals surface area contributed by atoms with E-state index in [1.807, 2.05) is 24.3 Å². The maximum atomic E-state index is 10.8. The van der Waals surface area contributed by atoms with Crippen molar-refractivity contribution < 1.29 is 9.90 Å². The van der Waals surface area contributed by atoms with Crippen molar-refractivity contribution in [2.75, 3.05) is 0 Å². The van der Waals surface area contributed by atoms with Crippen LogP contribution in [0, 0.1) is 0 Å². The Hall–Kier alpha value is -2.20. The Bertz CT molecular complexity index is 552. The molecule has 1 aromatic carbocycles. The molecule has 0 fully saturated rings. The van der Waals surface area contributed by atoms with Gasteiger partial charge in [-0.1, -0.05) is 19.1 Å². The lowest BCUT2D eigenvalue weighted by Gasteiger charge is -2.17. The van der Waals surface area contributed by atoms with Crippen molar-refractivity contribution in [2.24, 2.45) is 0 Å². The molecule has 4 heteroatoms. The molecule has 2 N–H and O–H groups in total. The van der Waals surface area contributed by atoms with Gasteiger partial charge in [-0.05, 0) is 41.8 Å². The fourth-order valence-electron chi connectivity index (χ4n) is 2.10. The standard InChI is InChI=1S/C16H18N2O2/c1-2-15(13-7-9-17-10-8-13)18-11-12-3-5-14(6-4-12)16(19)20/h3-10,15,18H,2,11H2,1H3,(H,19,20). The number of aromatic carboxylic acids is 1. The van der Waals surface area contributed by atoms with Crippen LogP contribution in [0.5, 0.6) is 0 Å². The van der Waals surface area contributed by atoms with Crippen LogP contribution in [-0.2, 0) is 6.54 Å². The van der Waals surface area contributed by atoms with E-state index in [1.54, 1.807) is 24.5 Å². The lowest BCUT2D eigenvalue weighted by Crippen LogP contribution is -2.20. The molecule has 20 heavy (non-hydrogen) atoms. The minimum absolute atomic E-state index is 0.275. The average molecular weight is 270 g/mol. The summed E-state index contributed by atoms with van der Waals surface area (Å²) in [6, 6.07) is 11.2. The SMILES string of the molecule is CCC(NCc1ccc(C(=O)O)cc1)c1ccncc1. The molecule has 4 nitrogen and oxygen atoms in total. The summed E-state index contributed by atoms with van der Waals surface area (Å²) in [6.07, 6.45) is 4.57. The van der Waals surface area contributed by atoms with Crippen LogP contribution >= 0.6 is 0 Å². The quantitative estimate of drug-likeness (QED) is 0.847. The zero-order valence-corrected chi connectivity index (χ0v) is 11.4. The van der Waals surface area contributed by atoms with E-state index in [4.69, 9.17) is 5.11 Å². The maximum absolute atomic E-state index is 10.8. The lowest BCUT2D eigenvalue weighted by atomic mass is 10.1. The van der Waals surface area contributed by atoms with Gasteiger partial charge in [0.2, 0.25) is 0 Å². The van der Waals surface area contributed by atoms with Gasteiger partial charge in [-0.2, -0.15) is 0 Å². The Morgan fingerprint density at radius 1 is 1.20 bits per heavy atom. The molecule has 1 unspecified atom stereocenters. The second-order valence-electron chi connectivity index (χ2n) is 4.62. The van der Waals surface area contributed by atoms with E-state index in [0.29, 0.717) is 12.1 Å². The van der Waals surface area contributed by atoms with E-state index in [0.717, 1.165) is 12.0 Å². The maximum Gasteiger partial charge on any atom is 0.335 e. The molecule has 0 spiro atoms. The second kappa shape index (κ2) is 6.82. The molecule has 2 rings (SSSR count). The Morgan fingerprint density at radius 2 is 1.85 bits per heavy atom. The number of nitrogens with one attached hydrogen (secondary N) is 1. The van der Waals surface area contributed by atoms with Gasteiger partial charge >= 0.3 is 5.97 Å². The first kappa shape index (κ1) is 14.2. The molecule has 0 amide bonds. The first-order valence-corrected chi connectivity index (χ1v) is 6.66. The molecule has 1 aromatic heterocycles. The normalized spacial score (nSPS) is 12.1. The van der Waals surface area contributed by atoms with Gasteiger partial charge in [-0.15, -0.1) is 0 Å². The van der Waals surface area contributed by atoms with Gasteiger partial charge in [-0.3, -0.25) is 4.98 Å². The number of hydrogen-bond acceptors (Lipinski definition) is 3. The van der Waals surface area contributed by atoms with E-state index in [2.05, 4.69) is 17.2 Å².